The fourth-order valence-corrected chi connectivity index (χ4v) is 4.08. The first-order valence-corrected chi connectivity index (χ1v) is 8.42. The van der Waals surface area contributed by atoms with Crippen LogP contribution in [0, 0.1) is 0 Å². The molecule has 1 aliphatic carbocycles. The second-order valence-electron chi connectivity index (χ2n) is 5.17. The number of aryl methyl sites for hydroxylation is 2. The minimum atomic E-state index is 0.394. The Morgan fingerprint density at radius 1 is 1.26 bits per heavy atom. The van der Waals surface area contributed by atoms with Crippen LogP contribution in [0.4, 0.5) is 0 Å². The van der Waals surface area contributed by atoms with Gasteiger partial charge in [0, 0.05) is 26.8 Å². The molecule has 0 radical (unpaired) electrons. The molecule has 1 aromatic heterocycles. The lowest BCUT2D eigenvalue weighted by Crippen LogP contribution is -2.17. The van der Waals surface area contributed by atoms with Gasteiger partial charge in [0.05, 0.1) is 0 Å². The normalized spacial score (nSPS) is 15.5. The lowest BCUT2D eigenvalue weighted by molar-refractivity contribution is 0.578. The van der Waals surface area contributed by atoms with E-state index in [1.165, 1.54) is 29.7 Å². The predicted molar refractivity (Wildman–Crippen MR) is 85.7 cm³/mol. The van der Waals surface area contributed by atoms with Gasteiger partial charge >= 0.3 is 0 Å². The van der Waals surface area contributed by atoms with Gasteiger partial charge in [0.2, 0.25) is 0 Å². The summed E-state index contributed by atoms with van der Waals surface area (Å²) in [5.74, 6) is 0. The van der Waals surface area contributed by atoms with Gasteiger partial charge in [0.25, 0.3) is 0 Å². The lowest BCUT2D eigenvalue weighted by atomic mass is 10.1. The van der Waals surface area contributed by atoms with E-state index in [2.05, 4.69) is 58.5 Å². The molecule has 100 valence electrons. The van der Waals surface area contributed by atoms with E-state index in [1.807, 2.05) is 11.3 Å². The van der Waals surface area contributed by atoms with E-state index in [0.717, 1.165) is 11.0 Å². The average molecular weight is 336 g/mol. The van der Waals surface area contributed by atoms with Crippen molar-refractivity contribution in [3.8, 4) is 0 Å². The van der Waals surface area contributed by atoms with Crippen LogP contribution in [-0.4, -0.2) is 0 Å². The van der Waals surface area contributed by atoms with Crippen molar-refractivity contribution in [1.29, 1.82) is 0 Å². The Kier molecular flexibility index (Phi) is 4.06. The molecule has 1 nitrogen and oxygen atoms in total. The number of hydrogen-bond donors (Lipinski definition) is 1. The van der Waals surface area contributed by atoms with Gasteiger partial charge < -0.3 is 5.32 Å². The molecule has 0 saturated heterocycles. The zero-order chi connectivity index (χ0) is 13.2. The lowest BCUT2D eigenvalue weighted by Gasteiger charge is -2.13. The van der Waals surface area contributed by atoms with Crippen molar-refractivity contribution in [3.63, 3.8) is 0 Å². The van der Waals surface area contributed by atoms with Crippen LogP contribution in [0.5, 0.6) is 0 Å². The highest BCUT2D eigenvalue weighted by molar-refractivity contribution is 9.10. The predicted octanol–water partition coefficient (Wildman–Crippen LogP) is 4.85. The summed E-state index contributed by atoms with van der Waals surface area (Å²) in [5, 5.41) is 3.62. The van der Waals surface area contributed by atoms with Crippen LogP contribution >= 0.6 is 27.3 Å². The van der Waals surface area contributed by atoms with Crippen LogP contribution in [0.1, 0.15) is 40.3 Å². The van der Waals surface area contributed by atoms with Gasteiger partial charge in [-0.3, -0.25) is 0 Å². The quantitative estimate of drug-likeness (QED) is 0.842. The SMILES string of the molecule is CC(NCc1cc2c(s1)CCC2)c1ccc(Br)cc1. The summed E-state index contributed by atoms with van der Waals surface area (Å²) in [7, 11) is 0. The van der Waals surface area contributed by atoms with Crippen LogP contribution in [0.3, 0.4) is 0 Å². The standard InChI is InChI=1S/C16H18BrNS/c1-11(12-5-7-14(17)8-6-12)18-10-15-9-13-3-2-4-16(13)19-15/h5-9,11,18H,2-4,10H2,1H3. The van der Waals surface area contributed by atoms with Crippen LogP contribution in [-0.2, 0) is 19.4 Å². The Morgan fingerprint density at radius 3 is 2.79 bits per heavy atom. The van der Waals surface area contributed by atoms with Crippen LogP contribution < -0.4 is 5.32 Å². The summed E-state index contributed by atoms with van der Waals surface area (Å²) in [4.78, 5) is 3.10. The molecular formula is C16H18BrNS. The van der Waals surface area contributed by atoms with Gasteiger partial charge in [-0.05, 0) is 55.5 Å². The van der Waals surface area contributed by atoms with E-state index in [9.17, 15) is 0 Å². The summed E-state index contributed by atoms with van der Waals surface area (Å²) >= 11 is 5.47. The maximum absolute atomic E-state index is 3.62. The first kappa shape index (κ1) is 13.3. The van der Waals surface area contributed by atoms with Crippen LogP contribution in [0.25, 0.3) is 0 Å². The van der Waals surface area contributed by atoms with Gasteiger partial charge in [-0.2, -0.15) is 0 Å². The van der Waals surface area contributed by atoms with Gasteiger partial charge in [-0.15, -0.1) is 11.3 Å². The molecule has 2 aromatic rings. The van der Waals surface area contributed by atoms with Gasteiger partial charge in [-0.1, -0.05) is 28.1 Å². The molecule has 3 rings (SSSR count). The summed E-state index contributed by atoms with van der Waals surface area (Å²) in [6.45, 7) is 3.21. The molecule has 1 N–H and O–H groups in total. The number of rotatable bonds is 4. The first-order valence-electron chi connectivity index (χ1n) is 6.81. The molecule has 3 heteroatoms. The number of halogens is 1. The molecule has 0 amide bonds. The first-order chi connectivity index (χ1) is 9.22. The smallest absolute Gasteiger partial charge is 0.0305 e. The zero-order valence-corrected chi connectivity index (χ0v) is 13.5. The van der Waals surface area contributed by atoms with Crippen LogP contribution in [0.15, 0.2) is 34.8 Å². The van der Waals surface area contributed by atoms with Gasteiger partial charge in [0.1, 0.15) is 0 Å². The summed E-state index contributed by atoms with van der Waals surface area (Å²) in [6, 6.07) is 11.4. The van der Waals surface area contributed by atoms with Crippen molar-refractivity contribution >= 4 is 27.3 Å². The van der Waals surface area contributed by atoms with Gasteiger partial charge in [-0.25, -0.2) is 0 Å². The number of benzene rings is 1. The zero-order valence-electron chi connectivity index (χ0n) is 11.1. The molecule has 1 aromatic carbocycles. The fraction of sp³-hybridized carbons (Fsp3) is 0.375. The Balaban J connectivity index is 1.60. The van der Waals surface area contributed by atoms with Crippen LogP contribution in [0.2, 0.25) is 0 Å². The monoisotopic (exact) mass is 335 g/mol. The van der Waals surface area contributed by atoms with Crippen molar-refractivity contribution in [1.82, 2.24) is 5.32 Å². The van der Waals surface area contributed by atoms with E-state index < -0.39 is 0 Å². The summed E-state index contributed by atoms with van der Waals surface area (Å²) < 4.78 is 1.14. The molecule has 0 bridgehead atoms. The molecule has 0 fully saturated rings. The molecule has 19 heavy (non-hydrogen) atoms. The minimum Gasteiger partial charge on any atom is -0.305 e. The molecule has 1 heterocycles. The molecule has 0 aliphatic heterocycles. The molecule has 0 spiro atoms. The molecular weight excluding hydrogens is 318 g/mol. The largest absolute Gasteiger partial charge is 0.305 e. The van der Waals surface area contributed by atoms with Crippen molar-refractivity contribution in [3.05, 3.63) is 55.7 Å². The molecule has 1 unspecified atom stereocenters. The van der Waals surface area contributed by atoms with E-state index in [1.54, 1.807) is 10.4 Å². The topological polar surface area (TPSA) is 12.0 Å². The second-order valence-corrected chi connectivity index (χ2v) is 7.31. The third kappa shape index (κ3) is 3.10. The van der Waals surface area contributed by atoms with Gasteiger partial charge in [0.15, 0.2) is 0 Å². The summed E-state index contributed by atoms with van der Waals surface area (Å²) in [6.07, 6.45) is 3.93. The Morgan fingerprint density at radius 2 is 2.05 bits per heavy atom. The highest BCUT2D eigenvalue weighted by atomic mass is 79.9. The third-order valence-corrected chi connectivity index (χ3v) is 5.52. The number of fused-ring (bicyclic) bond motifs is 1. The minimum absolute atomic E-state index is 0.394. The molecule has 1 aliphatic rings. The number of nitrogens with one attached hydrogen (secondary N) is 1. The average Bonchev–Trinajstić information content (AvgIpc) is 2.97. The summed E-state index contributed by atoms with van der Waals surface area (Å²) in [5.41, 5.74) is 2.94. The maximum atomic E-state index is 3.62. The Labute approximate surface area is 127 Å². The van der Waals surface area contributed by atoms with Crippen molar-refractivity contribution in [2.45, 2.75) is 38.8 Å². The van der Waals surface area contributed by atoms with Crippen molar-refractivity contribution in [2.24, 2.45) is 0 Å². The van der Waals surface area contributed by atoms with Crippen molar-refractivity contribution < 1.29 is 0 Å². The highest BCUT2D eigenvalue weighted by Crippen LogP contribution is 2.30. The fourth-order valence-electron chi connectivity index (χ4n) is 2.60. The third-order valence-electron chi connectivity index (χ3n) is 3.75. The highest BCUT2D eigenvalue weighted by Gasteiger charge is 2.15. The Hall–Kier alpha value is -0.640. The molecule has 0 saturated carbocycles. The Bertz CT molecular complexity index is 537. The maximum Gasteiger partial charge on any atom is 0.0305 e. The van der Waals surface area contributed by atoms with E-state index >= 15 is 0 Å². The van der Waals surface area contributed by atoms with E-state index in [-0.39, 0.29) is 0 Å². The van der Waals surface area contributed by atoms with E-state index in [0.29, 0.717) is 6.04 Å². The number of hydrogen-bond acceptors (Lipinski definition) is 2. The number of thiophene rings is 1. The molecule has 1 atom stereocenters. The second kappa shape index (κ2) is 5.78. The van der Waals surface area contributed by atoms with E-state index in [4.69, 9.17) is 0 Å². The van der Waals surface area contributed by atoms with Crippen molar-refractivity contribution in [2.75, 3.05) is 0 Å².